The van der Waals surface area contributed by atoms with E-state index in [1.54, 1.807) is 0 Å². The summed E-state index contributed by atoms with van der Waals surface area (Å²) in [4.78, 5) is 10.2. The van der Waals surface area contributed by atoms with Gasteiger partial charge in [0.15, 0.2) is 6.79 Å². The van der Waals surface area contributed by atoms with Crippen LogP contribution in [-0.4, -0.2) is 12.6 Å². The van der Waals surface area contributed by atoms with E-state index >= 15 is 0 Å². The molecule has 2 aliphatic carbocycles. The molecule has 3 rings (SSSR count). The average molecular weight is 184 g/mol. The molecule has 0 radical (unpaired) electrons. The Morgan fingerprint density at radius 1 is 1.31 bits per heavy atom. The minimum atomic E-state index is -0.357. The number of hydrogen-bond acceptors (Lipinski definition) is 3. The maximum Gasteiger partial charge on any atom is 0.207 e. The Morgan fingerprint density at radius 2 is 2.15 bits per heavy atom. The van der Waals surface area contributed by atoms with E-state index in [0.717, 1.165) is 12.3 Å². The van der Waals surface area contributed by atoms with E-state index in [1.165, 1.54) is 12.8 Å². The fraction of sp³-hybridized carbons (Fsp3) is 1.00. The van der Waals surface area contributed by atoms with Gasteiger partial charge in [0, 0.05) is 12.3 Å². The minimum Gasteiger partial charge on any atom is -0.317 e. The van der Waals surface area contributed by atoms with E-state index in [-0.39, 0.29) is 5.79 Å². The van der Waals surface area contributed by atoms with Crippen LogP contribution in [0.1, 0.15) is 33.1 Å². The van der Waals surface area contributed by atoms with Gasteiger partial charge < -0.3 is 4.74 Å². The predicted octanol–water partition coefficient (Wildman–Crippen LogP) is 2.07. The Labute approximate surface area is 78.3 Å². The molecule has 1 saturated heterocycles. The molecular weight excluding hydrogens is 168 g/mol. The highest BCUT2D eigenvalue weighted by molar-refractivity contribution is 5.15. The Kier molecular flexibility index (Phi) is 1.43. The smallest absolute Gasteiger partial charge is 0.207 e. The van der Waals surface area contributed by atoms with Gasteiger partial charge >= 0.3 is 0 Å². The molecule has 13 heavy (non-hydrogen) atoms. The van der Waals surface area contributed by atoms with Crippen LogP contribution in [0.4, 0.5) is 0 Å². The van der Waals surface area contributed by atoms with Gasteiger partial charge in [0.2, 0.25) is 5.79 Å². The predicted molar refractivity (Wildman–Crippen MR) is 45.5 cm³/mol. The SMILES string of the molecule is CC(C)C12CCC3(OCOO3)C1C2. The fourth-order valence-corrected chi connectivity index (χ4v) is 3.24. The van der Waals surface area contributed by atoms with Gasteiger partial charge in [-0.15, -0.1) is 0 Å². The summed E-state index contributed by atoms with van der Waals surface area (Å²) in [6.07, 6.45) is 3.50. The second kappa shape index (κ2) is 2.27. The molecule has 2 saturated carbocycles. The molecule has 0 bridgehead atoms. The lowest BCUT2D eigenvalue weighted by Gasteiger charge is -2.19. The largest absolute Gasteiger partial charge is 0.317 e. The van der Waals surface area contributed by atoms with Crippen molar-refractivity contribution in [2.45, 2.75) is 38.9 Å². The summed E-state index contributed by atoms with van der Waals surface area (Å²) in [5, 5.41) is 0. The van der Waals surface area contributed by atoms with Gasteiger partial charge in [-0.2, -0.15) is 4.89 Å². The molecule has 1 heterocycles. The maximum atomic E-state index is 5.59. The fourth-order valence-electron chi connectivity index (χ4n) is 3.24. The number of fused-ring (bicyclic) bond motifs is 2. The highest BCUT2D eigenvalue weighted by Gasteiger charge is 2.72. The summed E-state index contributed by atoms with van der Waals surface area (Å²) in [5.74, 6) is 0.969. The highest BCUT2D eigenvalue weighted by atomic mass is 17.3. The lowest BCUT2D eigenvalue weighted by atomic mass is 9.90. The minimum absolute atomic E-state index is 0.310. The zero-order valence-corrected chi connectivity index (χ0v) is 8.21. The molecule has 3 unspecified atom stereocenters. The van der Waals surface area contributed by atoms with Gasteiger partial charge in [-0.05, 0) is 24.2 Å². The Morgan fingerprint density at radius 3 is 2.62 bits per heavy atom. The maximum absolute atomic E-state index is 5.59. The Bertz CT molecular complexity index is 232. The van der Waals surface area contributed by atoms with Crippen molar-refractivity contribution >= 4 is 0 Å². The Hall–Kier alpha value is -0.120. The molecule has 3 atom stereocenters. The first kappa shape index (κ1) is 8.21. The van der Waals surface area contributed by atoms with Gasteiger partial charge in [-0.3, -0.25) is 0 Å². The van der Waals surface area contributed by atoms with E-state index in [4.69, 9.17) is 14.5 Å². The third kappa shape index (κ3) is 0.853. The van der Waals surface area contributed by atoms with Crippen molar-refractivity contribution < 1.29 is 14.5 Å². The molecule has 1 spiro atoms. The second-order valence-corrected chi connectivity index (χ2v) is 4.92. The molecule has 0 aromatic heterocycles. The zero-order chi connectivity index (χ0) is 9.10. The normalized spacial score (nSPS) is 53.3. The van der Waals surface area contributed by atoms with E-state index in [1.807, 2.05) is 0 Å². The molecule has 0 N–H and O–H groups in total. The van der Waals surface area contributed by atoms with Crippen molar-refractivity contribution in [1.82, 2.24) is 0 Å². The lowest BCUT2D eigenvalue weighted by Crippen LogP contribution is -2.30. The van der Waals surface area contributed by atoms with Crippen molar-refractivity contribution in [2.75, 3.05) is 6.79 Å². The summed E-state index contributed by atoms with van der Waals surface area (Å²) in [6.45, 7) is 4.91. The highest BCUT2D eigenvalue weighted by Crippen LogP contribution is 2.72. The monoisotopic (exact) mass is 184 g/mol. The van der Waals surface area contributed by atoms with Gasteiger partial charge in [-0.1, -0.05) is 13.8 Å². The van der Waals surface area contributed by atoms with E-state index in [0.29, 0.717) is 18.1 Å². The van der Waals surface area contributed by atoms with Crippen LogP contribution in [0.25, 0.3) is 0 Å². The third-order valence-corrected chi connectivity index (χ3v) is 4.29. The molecule has 3 heteroatoms. The number of rotatable bonds is 1. The van der Waals surface area contributed by atoms with Crippen molar-refractivity contribution in [2.24, 2.45) is 17.3 Å². The molecule has 1 aliphatic heterocycles. The van der Waals surface area contributed by atoms with Crippen molar-refractivity contribution in [3.8, 4) is 0 Å². The van der Waals surface area contributed by atoms with Crippen LogP contribution >= 0.6 is 0 Å². The van der Waals surface area contributed by atoms with Crippen LogP contribution in [0.15, 0.2) is 0 Å². The van der Waals surface area contributed by atoms with Crippen molar-refractivity contribution in [1.29, 1.82) is 0 Å². The molecule has 74 valence electrons. The first-order valence-corrected chi connectivity index (χ1v) is 5.14. The quantitative estimate of drug-likeness (QED) is 0.584. The van der Waals surface area contributed by atoms with Crippen molar-refractivity contribution in [3.05, 3.63) is 0 Å². The second-order valence-electron chi connectivity index (χ2n) is 4.92. The standard InChI is InChI=1S/C10H16O3/c1-7(2)9-3-4-10(8(9)5-9)11-6-12-13-10/h7-8H,3-6H2,1-2H3. The zero-order valence-electron chi connectivity index (χ0n) is 8.21. The average Bonchev–Trinajstić information content (AvgIpc) is 2.57. The van der Waals surface area contributed by atoms with Crippen LogP contribution in [-0.2, 0) is 14.5 Å². The van der Waals surface area contributed by atoms with E-state index < -0.39 is 0 Å². The molecule has 0 aromatic rings. The molecule has 0 amide bonds. The number of hydrogen-bond donors (Lipinski definition) is 0. The topological polar surface area (TPSA) is 27.7 Å². The van der Waals surface area contributed by atoms with Crippen LogP contribution < -0.4 is 0 Å². The van der Waals surface area contributed by atoms with Crippen LogP contribution in [0, 0.1) is 17.3 Å². The summed E-state index contributed by atoms with van der Waals surface area (Å²) in [5.41, 5.74) is 0.508. The summed E-state index contributed by atoms with van der Waals surface area (Å²) in [6, 6.07) is 0. The first-order chi connectivity index (χ1) is 6.20. The number of ether oxygens (including phenoxy) is 1. The van der Waals surface area contributed by atoms with Crippen molar-refractivity contribution in [3.63, 3.8) is 0 Å². The molecular formula is C10H16O3. The summed E-state index contributed by atoms with van der Waals surface area (Å²) >= 11 is 0. The first-order valence-electron chi connectivity index (χ1n) is 5.14. The summed E-state index contributed by atoms with van der Waals surface area (Å²) in [7, 11) is 0. The molecule has 3 fully saturated rings. The van der Waals surface area contributed by atoms with E-state index in [2.05, 4.69) is 13.8 Å². The van der Waals surface area contributed by atoms with Crippen LogP contribution in [0.2, 0.25) is 0 Å². The van der Waals surface area contributed by atoms with Gasteiger partial charge in [0.05, 0.1) is 0 Å². The third-order valence-electron chi connectivity index (χ3n) is 4.29. The van der Waals surface area contributed by atoms with Gasteiger partial charge in [-0.25, -0.2) is 4.89 Å². The summed E-state index contributed by atoms with van der Waals surface area (Å²) < 4.78 is 5.59. The molecule has 0 aromatic carbocycles. The van der Waals surface area contributed by atoms with Crippen LogP contribution in [0.5, 0.6) is 0 Å². The van der Waals surface area contributed by atoms with Gasteiger partial charge in [0.1, 0.15) is 0 Å². The Balaban J connectivity index is 1.84. The van der Waals surface area contributed by atoms with Gasteiger partial charge in [0.25, 0.3) is 0 Å². The lowest BCUT2D eigenvalue weighted by molar-refractivity contribution is -0.326. The van der Waals surface area contributed by atoms with Crippen LogP contribution in [0.3, 0.4) is 0 Å². The van der Waals surface area contributed by atoms with E-state index in [9.17, 15) is 0 Å². The molecule has 3 aliphatic rings. The molecule has 3 nitrogen and oxygen atoms in total.